The highest BCUT2D eigenvalue weighted by Crippen LogP contribution is 2.14. The summed E-state index contributed by atoms with van der Waals surface area (Å²) < 4.78 is 2.85. The fourth-order valence-electron chi connectivity index (χ4n) is 2.94. The van der Waals surface area contributed by atoms with Crippen LogP contribution in [-0.2, 0) is 4.79 Å². The first-order valence-electron chi connectivity index (χ1n) is 8.85. The number of aryl methyl sites for hydroxylation is 2. The first-order chi connectivity index (χ1) is 12.9. The molecule has 7 heteroatoms. The highest BCUT2D eigenvalue weighted by atomic mass is 16.2. The number of aromatic nitrogens is 4. The van der Waals surface area contributed by atoms with Gasteiger partial charge in [-0.1, -0.05) is 30.3 Å². The molecule has 27 heavy (non-hydrogen) atoms. The molecule has 0 saturated carbocycles. The van der Waals surface area contributed by atoms with Gasteiger partial charge in [-0.25, -0.2) is 9.36 Å². The van der Waals surface area contributed by atoms with E-state index in [0.717, 1.165) is 17.0 Å². The number of hydrogen-bond acceptors (Lipinski definition) is 4. The van der Waals surface area contributed by atoms with Crippen molar-refractivity contribution in [3.05, 3.63) is 75.8 Å². The molecule has 0 radical (unpaired) electrons. The minimum absolute atomic E-state index is 0.170. The zero-order valence-corrected chi connectivity index (χ0v) is 15.9. The van der Waals surface area contributed by atoms with Crippen LogP contribution in [0.3, 0.4) is 0 Å². The molecule has 2 heterocycles. The van der Waals surface area contributed by atoms with Gasteiger partial charge in [0.15, 0.2) is 5.82 Å². The first-order valence-corrected chi connectivity index (χ1v) is 8.85. The Morgan fingerprint density at radius 3 is 2.37 bits per heavy atom. The van der Waals surface area contributed by atoms with E-state index < -0.39 is 6.04 Å². The van der Waals surface area contributed by atoms with Crippen LogP contribution < -0.4 is 10.9 Å². The fraction of sp³-hybridized carbons (Fsp3) is 0.300. The fourth-order valence-corrected chi connectivity index (χ4v) is 2.94. The summed E-state index contributed by atoms with van der Waals surface area (Å²) in [6, 6.07) is 13.7. The van der Waals surface area contributed by atoms with Crippen LogP contribution in [0.1, 0.15) is 42.9 Å². The molecule has 0 aliphatic rings. The van der Waals surface area contributed by atoms with Crippen LogP contribution in [0.15, 0.2) is 53.3 Å². The Morgan fingerprint density at radius 2 is 1.74 bits per heavy atom. The van der Waals surface area contributed by atoms with Gasteiger partial charge < -0.3 is 5.32 Å². The van der Waals surface area contributed by atoms with E-state index >= 15 is 0 Å². The van der Waals surface area contributed by atoms with E-state index in [1.54, 1.807) is 17.7 Å². The molecule has 0 aliphatic heterocycles. The first kappa shape index (κ1) is 18.6. The average molecular weight is 365 g/mol. The van der Waals surface area contributed by atoms with Gasteiger partial charge in [0.1, 0.15) is 6.04 Å². The lowest BCUT2D eigenvalue weighted by Gasteiger charge is -2.19. The summed E-state index contributed by atoms with van der Waals surface area (Å²) in [5.41, 5.74) is 2.42. The van der Waals surface area contributed by atoms with Crippen LogP contribution in [-0.4, -0.2) is 25.5 Å². The highest BCUT2D eigenvalue weighted by Gasteiger charge is 2.20. The number of hydrogen-bond donors (Lipinski definition) is 1. The largest absolute Gasteiger partial charge is 0.348 e. The summed E-state index contributed by atoms with van der Waals surface area (Å²) in [6.45, 7) is 7.37. The lowest BCUT2D eigenvalue weighted by molar-refractivity contribution is -0.124. The predicted molar refractivity (Wildman–Crippen MR) is 103 cm³/mol. The minimum Gasteiger partial charge on any atom is -0.348 e. The molecule has 3 rings (SSSR count). The Labute approximate surface area is 157 Å². The number of amides is 1. The van der Waals surface area contributed by atoms with Crippen molar-refractivity contribution in [2.24, 2.45) is 0 Å². The van der Waals surface area contributed by atoms with E-state index in [-0.39, 0.29) is 17.5 Å². The molecule has 0 aliphatic carbocycles. The smallest absolute Gasteiger partial charge is 0.267 e. The Bertz CT molecular complexity index is 1010. The Morgan fingerprint density at radius 1 is 1.04 bits per heavy atom. The van der Waals surface area contributed by atoms with Gasteiger partial charge in [-0.15, -0.1) is 5.10 Å². The third-order valence-corrected chi connectivity index (χ3v) is 4.44. The van der Waals surface area contributed by atoms with Gasteiger partial charge in [-0.05, 0) is 45.4 Å². The van der Waals surface area contributed by atoms with Crippen molar-refractivity contribution in [1.29, 1.82) is 0 Å². The SMILES string of the molecule is Cc1cc(C)n(-c2ccc(=O)n(C(C)C(=O)NC(C)c3ccccc3)n2)n1. The van der Waals surface area contributed by atoms with Crippen molar-refractivity contribution < 1.29 is 4.79 Å². The van der Waals surface area contributed by atoms with Crippen molar-refractivity contribution in [3.63, 3.8) is 0 Å². The van der Waals surface area contributed by atoms with Gasteiger partial charge in [0, 0.05) is 11.8 Å². The van der Waals surface area contributed by atoms with E-state index in [0.29, 0.717) is 5.82 Å². The molecule has 2 unspecified atom stereocenters. The van der Waals surface area contributed by atoms with Crippen molar-refractivity contribution in [1.82, 2.24) is 24.9 Å². The van der Waals surface area contributed by atoms with Crippen molar-refractivity contribution in [2.75, 3.05) is 0 Å². The molecule has 7 nitrogen and oxygen atoms in total. The van der Waals surface area contributed by atoms with Gasteiger partial charge in [0.05, 0.1) is 11.7 Å². The molecule has 2 aromatic heterocycles. The maximum atomic E-state index is 12.7. The van der Waals surface area contributed by atoms with Crippen molar-refractivity contribution >= 4 is 5.91 Å². The van der Waals surface area contributed by atoms with Crippen LogP contribution in [0.25, 0.3) is 5.82 Å². The number of nitrogens with one attached hydrogen (secondary N) is 1. The number of rotatable bonds is 5. The number of carbonyl (C=O) groups excluding carboxylic acids is 1. The molecule has 1 N–H and O–H groups in total. The van der Waals surface area contributed by atoms with Crippen molar-refractivity contribution in [3.8, 4) is 5.82 Å². The van der Waals surface area contributed by atoms with Crippen molar-refractivity contribution in [2.45, 2.75) is 39.8 Å². The van der Waals surface area contributed by atoms with E-state index in [2.05, 4.69) is 15.5 Å². The molecular weight excluding hydrogens is 342 g/mol. The summed E-state index contributed by atoms with van der Waals surface area (Å²) in [7, 11) is 0. The van der Waals surface area contributed by atoms with E-state index in [1.807, 2.05) is 57.2 Å². The number of carbonyl (C=O) groups is 1. The lowest BCUT2D eigenvalue weighted by atomic mass is 10.1. The third kappa shape index (κ3) is 3.97. The summed E-state index contributed by atoms with van der Waals surface area (Å²) in [5, 5.41) is 11.7. The predicted octanol–water partition coefficient (Wildman–Crippen LogP) is 2.48. The van der Waals surface area contributed by atoms with Crippen LogP contribution in [0.4, 0.5) is 0 Å². The molecule has 1 aromatic carbocycles. The molecule has 1 amide bonds. The molecule has 0 bridgehead atoms. The number of benzene rings is 1. The number of nitrogens with zero attached hydrogens (tertiary/aromatic N) is 4. The third-order valence-electron chi connectivity index (χ3n) is 4.44. The lowest BCUT2D eigenvalue weighted by Crippen LogP contribution is -2.38. The standard InChI is InChI=1S/C20H23N5O2/c1-13-12-14(2)24(22-13)18-10-11-19(26)25(23-18)16(4)20(27)21-15(3)17-8-6-5-7-9-17/h5-12,15-16H,1-4H3,(H,21,27). The second-order valence-corrected chi connectivity index (χ2v) is 6.63. The monoisotopic (exact) mass is 365 g/mol. The zero-order valence-electron chi connectivity index (χ0n) is 15.9. The summed E-state index contributed by atoms with van der Waals surface area (Å²) in [5.74, 6) is 0.224. The zero-order chi connectivity index (χ0) is 19.6. The summed E-state index contributed by atoms with van der Waals surface area (Å²) >= 11 is 0. The van der Waals surface area contributed by atoms with E-state index in [1.165, 1.54) is 10.7 Å². The van der Waals surface area contributed by atoms with Gasteiger partial charge in [-0.2, -0.15) is 5.10 Å². The summed E-state index contributed by atoms with van der Waals surface area (Å²) in [6.07, 6.45) is 0. The van der Waals surface area contributed by atoms with Crippen LogP contribution in [0.2, 0.25) is 0 Å². The topological polar surface area (TPSA) is 81.8 Å². The molecule has 140 valence electrons. The molecular formula is C20H23N5O2. The summed E-state index contributed by atoms with van der Waals surface area (Å²) in [4.78, 5) is 25.0. The minimum atomic E-state index is -0.749. The quantitative estimate of drug-likeness (QED) is 0.753. The van der Waals surface area contributed by atoms with Crippen LogP contribution in [0, 0.1) is 13.8 Å². The highest BCUT2D eigenvalue weighted by molar-refractivity contribution is 5.80. The second kappa shape index (κ2) is 7.57. The molecule has 3 aromatic rings. The van der Waals surface area contributed by atoms with E-state index in [9.17, 15) is 9.59 Å². The van der Waals surface area contributed by atoms with Gasteiger partial charge in [-0.3, -0.25) is 9.59 Å². The Balaban J connectivity index is 1.84. The molecule has 0 fully saturated rings. The van der Waals surface area contributed by atoms with Gasteiger partial charge >= 0.3 is 0 Å². The van der Waals surface area contributed by atoms with Gasteiger partial charge in [0.2, 0.25) is 5.91 Å². The molecule has 2 atom stereocenters. The second-order valence-electron chi connectivity index (χ2n) is 6.63. The van der Waals surface area contributed by atoms with Crippen LogP contribution >= 0.6 is 0 Å². The van der Waals surface area contributed by atoms with Gasteiger partial charge in [0.25, 0.3) is 5.56 Å². The van der Waals surface area contributed by atoms with Crippen LogP contribution in [0.5, 0.6) is 0 Å². The molecule has 0 saturated heterocycles. The van der Waals surface area contributed by atoms with E-state index in [4.69, 9.17) is 0 Å². The molecule has 0 spiro atoms. The normalized spacial score (nSPS) is 13.2. The maximum absolute atomic E-state index is 12.7. The Hall–Kier alpha value is -3.22. The Kier molecular flexibility index (Phi) is 5.21. The average Bonchev–Trinajstić information content (AvgIpc) is 3.00. The maximum Gasteiger partial charge on any atom is 0.267 e.